The van der Waals surface area contributed by atoms with Crippen LogP contribution in [0.5, 0.6) is 11.5 Å². The van der Waals surface area contributed by atoms with Crippen molar-refractivity contribution in [3.05, 3.63) is 65.5 Å². The second-order valence-electron chi connectivity index (χ2n) is 10.0. The van der Waals surface area contributed by atoms with Gasteiger partial charge in [-0.1, -0.05) is 12.1 Å². The van der Waals surface area contributed by atoms with Crippen molar-refractivity contribution < 1.29 is 14.3 Å². The number of nitrogens with one attached hydrogen (secondary N) is 1. The third-order valence-electron chi connectivity index (χ3n) is 6.73. The Labute approximate surface area is 223 Å². The van der Waals surface area contributed by atoms with Crippen LogP contribution in [0, 0.1) is 0 Å². The monoisotopic (exact) mass is 514 g/mol. The molecule has 2 aromatic heterocycles. The van der Waals surface area contributed by atoms with E-state index in [0.29, 0.717) is 42.1 Å². The van der Waals surface area contributed by atoms with E-state index in [9.17, 15) is 4.79 Å². The maximum Gasteiger partial charge on any atom is 0.200 e. The normalized spacial score (nSPS) is 12.3. The van der Waals surface area contributed by atoms with Gasteiger partial charge in [0.25, 0.3) is 0 Å². The van der Waals surface area contributed by atoms with Gasteiger partial charge in [-0.3, -0.25) is 14.5 Å². The van der Waals surface area contributed by atoms with Crippen LogP contribution in [0.2, 0.25) is 0 Å². The second-order valence-corrected chi connectivity index (χ2v) is 10.0. The zero-order valence-electron chi connectivity index (χ0n) is 22.6. The van der Waals surface area contributed by atoms with Crippen molar-refractivity contribution in [3.8, 4) is 22.8 Å². The van der Waals surface area contributed by atoms with Crippen LogP contribution in [0.25, 0.3) is 22.2 Å². The molecule has 4 aromatic rings. The van der Waals surface area contributed by atoms with E-state index in [-0.39, 0.29) is 5.78 Å². The Bertz CT molecular complexity index is 1460. The first-order chi connectivity index (χ1) is 18.4. The highest BCUT2D eigenvalue weighted by molar-refractivity contribution is 6.28. The van der Waals surface area contributed by atoms with E-state index in [1.54, 1.807) is 19.5 Å². The number of ether oxygens (including phenoxy) is 2. The predicted molar refractivity (Wildman–Crippen MR) is 149 cm³/mol. The standard InChI is InChI=1S/C29H34N6O3/c1-33(2)13-12-31-22-10-11-23-27-26(22)29(36)25-21(28(27)32-35(23)15-14-34(3)4)16-30-17-24(25)38-18-19-6-8-20(37-5)9-7-19/h6-11,16-17,31H,12-15,18H2,1-5H3. The second kappa shape index (κ2) is 10.8. The van der Waals surface area contributed by atoms with Gasteiger partial charge in [0.15, 0.2) is 5.78 Å². The number of nitrogens with zero attached hydrogens (tertiary/aromatic N) is 5. The number of likely N-dealkylation sites (N-methyl/N-ethyl adjacent to an activating group) is 2. The number of ketones is 1. The number of aromatic nitrogens is 3. The Balaban J connectivity index is 1.57. The Kier molecular flexibility index (Phi) is 7.31. The van der Waals surface area contributed by atoms with E-state index in [4.69, 9.17) is 14.6 Å². The molecule has 198 valence electrons. The number of fused-ring (bicyclic) bond motifs is 2. The SMILES string of the molecule is COc1ccc(COc2cncc3c2C(=O)c2c(NCCN(C)C)ccc4c2c-3nn4CCN(C)C)cc1. The maximum absolute atomic E-state index is 14.2. The van der Waals surface area contributed by atoms with Crippen molar-refractivity contribution in [1.29, 1.82) is 0 Å². The lowest BCUT2D eigenvalue weighted by molar-refractivity contribution is 0.103. The topological polar surface area (TPSA) is 84.8 Å². The van der Waals surface area contributed by atoms with Crippen molar-refractivity contribution in [2.24, 2.45) is 0 Å². The number of pyridine rings is 1. The summed E-state index contributed by atoms with van der Waals surface area (Å²) in [5.74, 6) is 1.15. The number of carbonyl (C=O) groups is 1. The third-order valence-corrected chi connectivity index (χ3v) is 6.73. The van der Waals surface area contributed by atoms with Crippen LogP contribution in [0.3, 0.4) is 0 Å². The lowest BCUT2D eigenvalue weighted by atomic mass is 9.87. The zero-order chi connectivity index (χ0) is 26.8. The predicted octanol–water partition coefficient (Wildman–Crippen LogP) is 3.77. The van der Waals surface area contributed by atoms with Crippen LogP contribution in [-0.2, 0) is 13.2 Å². The molecule has 0 atom stereocenters. The van der Waals surface area contributed by atoms with Gasteiger partial charge in [-0.15, -0.1) is 0 Å². The molecule has 0 saturated carbocycles. The number of hydrogen-bond donors (Lipinski definition) is 1. The Morgan fingerprint density at radius 3 is 2.42 bits per heavy atom. The molecule has 1 aliphatic rings. The van der Waals surface area contributed by atoms with Crippen molar-refractivity contribution in [2.75, 3.05) is 60.3 Å². The molecular formula is C29H34N6O3. The number of hydrogen-bond acceptors (Lipinski definition) is 8. The van der Waals surface area contributed by atoms with Crippen molar-refractivity contribution in [3.63, 3.8) is 0 Å². The van der Waals surface area contributed by atoms with Gasteiger partial charge in [-0.25, -0.2) is 0 Å². The Morgan fingerprint density at radius 1 is 0.947 bits per heavy atom. The third kappa shape index (κ3) is 4.94. The van der Waals surface area contributed by atoms with Crippen LogP contribution < -0.4 is 14.8 Å². The van der Waals surface area contributed by atoms with Gasteiger partial charge >= 0.3 is 0 Å². The van der Waals surface area contributed by atoms with Crippen LogP contribution in [-0.4, -0.2) is 85.3 Å². The molecule has 0 fully saturated rings. The van der Waals surface area contributed by atoms with E-state index in [1.165, 1.54) is 0 Å². The molecule has 0 aliphatic heterocycles. The largest absolute Gasteiger partial charge is 0.497 e. The summed E-state index contributed by atoms with van der Waals surface area (Å²) >= 11 is 0. The molecule has 38 heavy (non-hydrogen) atoms. The summed E-state index contributed by atoms with van der Waals surface area (Å²) in [6.45, 7) is 3.40. The highest BCUT2D eigenvalue weighted by Gasteiger charge is 2.34. The fourth-order valence-corrected chi connectivity index (χ4v) is 4.69. The molecule has 1 N–H and O–H groups in total. The molecule has 0 unspecified atom stereocenters. The summed E-state index contributed by atoms with van der Waals surface area (Å²) in [5, 5.41) is 9.34. The number of rotatable bonds is 11. The van der Waals surface area contributed by atoms with Crippen molar-refractivity contribution in [2.45, 2.75) is 13.2 Å². The summed E-state index contributed by atoms with van der Waals surface area (Å²) in [4.78, 5) is 22.8. The average molecular weight is 515 g/mol. The first-order valence-corrected chi connectivity index (χ1v) is 12.7. The van der Waals surface area contributed by atoms with Crippen LogP contribution >= 0.6 is 0 Å². The van der Waals surface area contributed by atoms with E-state index in [1.807, 2.05) is 63.2 Å². The highest BCUT2D eigenvalue weighted by Crippen LogP contribution is 2.44. The minimum absolute atomic E-state index is 0.0789. The molecule has 9 nitrogen and oxygen atoms in total. The molecule has 2 heterocycles. The van der Waals surface area contributed by atoms with Crippen LogP contribution in [0.15, 0.2) is 48.8 Å². The fourth-order valence-electron chi connectivity index (χ4n) is 4.69. The molecule has 0 radical (unpaired) electrons. The minimum Gasteiger partial charge on any atom is -0.497 e. The smallest absolute Gasteiger partial charge is 0.200 e. The lowest BCUT2D eigenvalue weighted by Gasteiger charge is -2.21. The Morgan fingerprint density at radius 2 is 1.71 bits per heavy atom. The molecular weight excluding hydrogens is 480 g/mol. The molecule has 9 heteroatoms. The van der Waals surface area contributed by atoms with Crippen molar-refractivity contribution >= 4 is 22.4 Å². The first kappa shape index (κ1) is 25.7. The van der Waals surface area contributed by atoms with Gasteiger partial charge in [0.2, 0.25) is 0 Å². The van der Waals surface area contributed by atoms with E-state index < -0.39 is 0 Å². The zero-order valence-corrected chi connectivity index (χ0v) is 22.6. The lowest BCUT2D eigenvalue weighted by Crippen LogP contribution is -2.22. The summed E-state index contributed by atoms with van der Waals surface area (Å²) < 4.78 is 13.4. The van der Waals surface area contributed by atoms with Crippen LogP contribution in [0.1, 0.15) is 21.5 Å². The van der Waals surface area contributed by atoms with Gasteiger partial charge in [-0.05, 0) is 58.0 Å². The summed E-state index contributed by atoms with van der Waals surface area (Å²) in [7, 11) is 9.78. The summed E-state index contributed by atoms with van der Waals surface area (Å²) in [6.07, 6.45) is 3.34. The highest BCUT2D eigenvalue weighted by atomic mass is 16.5. The Hall–Kier alpha value is -3.95. The fraction of sp³-hybridized carbons (Fsp3) is 0.345. The number of benzene rings is 2. The quantitative estimate of drug-likeness (QED) is 0.285. The molecule has 0 spiro atoms. The van der Waals surface area contributed by atoms with E-state index in [0.717, 1.165) is 46.7 Å². The van der Waals surface area contributed by atoms with Gasteiger partial charge < -0.3 is 24.6 Å². The molecule has 0 bridgehead atoms. The first-order valence-electron chi connectivity index (χ1n) is 12.7. The molecule has 1 aliphatic carbocycles. The number of anilines is 1. The number of methoxy groups -OCH3 is 1. The molecule has 5 rings (SSSR count). The maximum atomic E-state index is 14.2. The average Bonchev–Trinajstić information content (AvgIpc) is 3.28. The molecule has 0 amide bonds. The minimum atomic E-state index is -0.0789. The van der Waals surface area contributed by atoms with Gasteiger partial charge in [0, 0.05) is 42.5 Å². The molecule has 0 saturated heterocycles. The summed E-state index contributed by atoms with van der Waals surface area (Å²) in [5.41, 5.74) is 5.33. The van der Waals surface area contributed by atoms with Gasteiger partial charge in [-0.2, -0.15) is 5.10 Å². The van der Waals surface area contributed by atoms with E-state index >= 15 is 0 Å². The van der Waals surface area contributed by atoms with E-state index in [2.05, 4.69) is 26.2 Å². The molecule has 2 aromatic carbocycles. The van der Waals surface area contributed by atoms with Gasteiger partial charge in [0.1, 0.15) is 23.8 Å². The number of carbonyl (C=O) groups excluding carboxylic acids is 1. The van der Waals surface area contributed by atoms with Crippen molar-refractivity contribution in [1.82, 2.24) is 24.6 Å². The van der Waals surface area contributed by atoms with Gasteiger partial charge in [0.05, 0.1) is 36.5 Å². The summed E-state index contributed by atoms with van der Waals surface area (Å²) in [6, 6.07) is 11.7. The van der Waals surface area contributed by atoms with Crippen LogP contribution in [0.4, 0.5) is 5.69 Å².